The van der Waals surface area contributed by atoms with Crippen LogP contribution in [0, 0.1) is 0 Å². The summed E-state index contributed by atoms with van der Waals surface area (Å²) in [4.78, 5) is 0.348. The Labute approximate surface area is 119 Å². The molecular formula is C14H20N2O3S. The molecule has 20 heavy (non-hydrogen) atoms. The SMILES string of the molecule is CCc1cc(S(=O)(=O)NC2CC2)cc2c1OC(CN)C2. The molecule has 1 atom stereocenters. The van der Waals surface area contributed by atoms with Crippen LogP contribution in [-0.4, -0.2) is 27.1 Å². The van der Waals surface area contributed by atoms with Crippen molar-refractivity contribution in [3.05, 3.63) is 23.3 Å². The molecule has 1 heterocycles. The van der Waals surface area contributed by atoms with Crippen LogP contribution in [0.5, 0.6) is 5.75 Å². The van der Waals surface area contributed by atoms with Gasteiger partial charge >= 0.3 is 0 Å². The first-order valence-corrected chi connectivity index (χ1v) is 8.56. The summed E-state index contributed by atoms with van der Waals surface area (Å²) in [5, 5.41) is 0. The topological polar surface area (TPSA) is 81.4 Å². The lowest BCUT2D eigenvalue weighted by Gasteiger charge is -2.12. The van der Waals surface area contributed by atoms with Gasteiger partial charge in [-0.15, -0.1) is 0 Å². The Bertz CT molecular complexity index is 624. The van der Waals surface area contributed by atoms with Crippen molar-refractivity contribution >= 4 is 10.0 Å². The fourth-order valence-electron chi connectivity index (χ4n) is 2.52. The third-order valence-electron chi connectivity index (χ3n) is 3.80. The van der Waals surface area contributed by atoms with Gasteiger partial charge in [0.1, 0.15) is 11.9 Å². The highest BCUT2D eigenvalue weighted by Gasteiger charge is 2.31. The van der Waals surface area contributed by atoms with Crippen molar-refractivity contribution in [2.75, 3.05) is 6.54 Å². The van der Waals surface area contributed by atoms with Crippen LogP contribution in [0.25, 0.3) is 0 Å². The summed E-state index contributed by atoms with van der Waals surface area (Å²) in [6.07, 6.45) is 3.26. The standard InChI is InChI=1S/C14H20N2O3S/c1-2-9-6-13(20(17,18)16-11-3-4-11)7-10-5-12(8-15)19-14(9)10/h6-7,11-12,16H,2-5,8,15H2,1H3. The van der Waals surface area contributed by atoms with Gasteiger partial charge in [0.05, 0.1) is 4.90 Å². The zero-order chi connectivity index (χ0) is 14.3. The number of hydrogen-bond acceptors (Lipinski definition) is 4. The molecule has 0 amide bonds. The zero-order valence-corrected chi connectivity index (χ0v) is 12.4. The molecule has 0 spiro atoms. The van der Waals surface area contributed by atoms with Crippen LogP contribution < -0.4 is 15.2 Å². The van der Waals surface area contributed by atoms with E-state index in [-0.39, 0.29) is 12.1 Å². The van der Waals surface area contributed by atoms with E-state index in [4.69, 9.17) is 10.5 Å². The molecule has 0 saturated heterocycles. The van der Waals surface area contributed by atoms with Gasteiger partial charge < -0.3 is 10.5 Å². The lowest BCUT2D eigenvalue weighted by atomic mass is 10.0. The predicted octanol–water partition coefficient (Wildman–Crippen LogP) is 0.952. The molecule has 3 N–H and O–H groups in total. The van der Waals surface area contributed by atoms with Gasteiger partial charge in [-0.2, -0.15) is 0 Å². The molecule has 1 aromatic rings. The summed E-state index contributed by atoms with van der Waals surface area (Å²) in [7, 11) is -3.41. The van der Waals surface area contributed by atoms with Gasteiger partial charge in [-0.1, -0.05) is 6.92 Å². The number of benzene rings is 1. The van der Waals surface area contributed by atoms with E-state index in [0.29, 0.717) is 17.9 Å². The van der Waals surface area contributed by atoms with Crippen LogP contribution in [0.15, 0.2) is 17.0 Å². The van der Waals surface area contributed by atoms with Crippen molar-refractivity contribution in [2.45, 2.75) is 49.6 Å². The fraction of sp³-hybridized carbons (Fsp3) is 0.571. The molecule has 3 rings (SSSR count). The molecule has 110 valence electrons. The number of nitrogens with two attached hydrogens (primary N) is 1. The van der Waals surface area contributed by atoms with Crippen molar-refractivity contribution in [1.29, 1.82) is 0 Å². The summed E-state index contributed by atoms with van der Waals surface area (Å²) in [5.74, 6) is 0.827. The number of nitrogens with one attached hydrogen (secondary N) is 1. The first-order chi connectivity index (χ1) is 9.53. The largest absolute Gasteiger partial charge is 0.488 e. The number of rotatable bonds is 5. The molecular weight excluding hydrogens is 276 g/mol. The lowest BCUT2D eigenvalue weighted by molar-refractivity contribution is 0.239. The van der Waals surface area contributed by atoms with Crippen molar-refractivity contribution in [1.82, 2.24) is 4.72 Å². The van der Waals surface area contributed by atoms with Gasteiger partial charge in [0.2, 0.25) is 10.0 Å². The van der Waals surface area contributed by atoms with Crippen LogP contribution >= 0.6 is 0 Å². The maximum atomic E-state index is 12.3. The Morgan fingerprint density at radius 3 is 2.75 bits per heavy atom. The molecule has 5 nitrogen and oxygen atoms in total. The summed E-state index contributed by atoms with van der Waals surface area (Å²) in [6, 6.07) is 3.57. The number of aryl methyl sites for hydroxylation is 1. The van der Waals surface area contributed by atoms with Crippen LogP contribution in [0.2, 0.25) is 0 Å². The summed E-state index contributed by atoms with van der Waals surface area (Å²) >= 11 is 0. The molecule has 2 aliphatic rings. The molecule has 6 heteroatoms. The van der Waals surface area contributed by atoms with Gasteiger partial charge in [-0.05, 0) is 42.5 Å². The highest BCUT2D eigenvalue weighted by Crippen LogP contribution is 2.35. The van der Waals surface area contributed by atoms with Crippen molar-refractivity contribution < 1.29 is 13.2 Å². The Hall–Kier alpha value is -1.11. The normalized spacial score (nSPS) is 21.6. The van der Waals surface area contributed by atoms with E-state index in [1.54, 1.807) is 12.1 Å². The molecule has 0 radical (unpaired) electrons. The Morgan fingerprint density at radius 2 is 2.15 bits per heavy atom. The highest BCUT2D eigenvalue weighted by atomic mass is 32.2. The molecule has 1 fully saturated rings. The van der Waals surface area contributed by atoms with Gasteiger partial charge in [0, 0.05) is 19.0 Å². The maximum Gasteiger partial charge on any atom is 0.240 e. The molecule has 1 aromatic carbocycles. The van der Waals surface area contributed by atoms with Crippen molar-refractivity contribution in [3.8, 4) is 5.75 Å². The molecule has 1 aliphatic carbocycles. The van der Waals surface area contributed by atoms with E-state index in [2.05, 4.69) is 4.72 Å². The Balaban J connectivity index is 1.98. The third kappa shape index (κ3) is 2.55. The van der Waals surface area contributed by atoms with Crippen molar-refractivity contribution in [2.24, 2.45) is 5.73 Å². The van der Waals surface area contributed by atoms with Crippen LogP contribution in [0.3, 0.4) is 0 Å². The number of fused-ring (bicyclic) bond motifs is 1. The lowest BCUT2D eigenvalue weighted by Crippen LogP contribution is -2.25. The molecule has 0 bridgehead atoms. The molecule has 1 aliphatic heterocycles. The van der Waals surface area contributed by atoms with Crippen LogP contribution in [0.1, 0.15) is 30.9 Å². The van der Waals surface area contributed by atoms with E-state index >= 15 is 0 Å². The van der Waals surface area contributed by atoms with Gasteiger partial charge in [-0.3, -0.25) is 0 Å². The van der Waals surface area contributed by atoms with E-state index in [1.165, 1.54) is 0 Å². The quantitative estimate of drug-likeness (QED) is 0.847. The first kappa shape index (κ1) is 13.9. The van der Waals surface area contributed by atoms with E-state index in [0.717, 1.165) is 36.1 Å². The average molecular weight is 296 g/mol. The average Bonchev–Trinajstić information content (AvgIpc) is 3.11. The van der Waals surface area contributed by atoms with E-state index in [1.807, 2.05) is 6.92 Å². The minimum absolute atomic E-state index is 0.0374. The maximum absolute atomic E-state index is 12.3. The monoisotopic (exact) mass is 296 g/mol. The minimum atomic E-state index is -3.41. The van der Waals surface area contributed by atoms with Crippen LogP contribution in [-0.2, 0) is 22.9 Å². The molecule has 0 aromatic heterocycles. The molecule has 1 saturated carbocycles. The van der Waals surface area contributed by atoms with E-state index < -0.39 is 10.0 Å². The number of sulfonamides is 1. The summed E-state index contributed by atoms with van der Waals surface area (Å²) in [5.41, 5.74) is 7.54. The summed E-state index contributed by atoms with van der Waals surface area (Å²) in [6.45, 7) is 2.44. The van der Waals surface area contributed by atoms with Crippen molar-refractivity contribution in [3.63, 3.8) is 0 Å². The van der Waals surface area contributed by atoms with E-state index in [9.17, 15) is 8.42 Å². The number of ether oxygens (including phenoxy) is 1. The highest BCUT2D eigenvalue weighted by molar-refractivity contribution is 7.89. The Kier molecular flexibility index (Phi) is 3.48. The van der Waals surface area contributed by atoms with Gasteiger partial charge in [-0.25, -0.2) is 13.1 Å². The zero-order valence-electron chi connectivity index (χ0n) is 11.6. The van der Waals surface area contributed by atoms with Crippen LogP contribution in [0.4, 0.5) is 0 Å². The first-order valence-electron chi connectivity index (χ1n) is 7.08. The fourth-order valence-corrected chi connectivity index (χ4v) is 3.92. The van der Waals surface area contributed by atoms with Gasteiger partial charge in [0.25, 0.3) is 0 Å². The predicted molar refractivity (Wildman–Crippen MR) is 76.3 cm³/mol. The molecule has 1 unspecified atom stereocenters. The smallest absolute Gasteiger partial charge is 0.240 e. The second kappa shape index (κ2) is 5.02. The minimum Gasteiger partial charge on any atom is -0.488 e. The summed E-state index contributed by atoms with van der Waals surface area (Å²) < 4.78 is 33.2. The Morgan fingerprint density at radius 1 is 1.40 bits per heavy atom. The number of hydrogen-bond donors (Lipinski definition) is 2. The van der Waals surface area contributed by atoms with Gasteiger partial charge in [0.15, 0.2) is 0 Å². The second-order valence-corrected chi connectivity index (χ2v) is 7.21. The second-order valence-electron chi connectivity index (χ2n) is 5.50. The third-order valence-corrected chi connectivity index (χ3v) is 5.30.